The van der Waals surface area contributed by atoms with Gasteiger partial charge in [0.2, 0.25) is 0 Å². The van der Waals surface area contributed by atoms with Crippen LogP contribution >= 0.6 is 7.14 Å². The van der Waals surface area contributed by atoms with Crippen molar-refractivity contribution in [3.8, 4) is 17.0 Å². The van der Waals surface area contributed by atoms with E-state index in [1.165, 1.54) is 22.1 Å². The minimum Gasteiger partial charge on any atom is -0.506 e. The molecule has 10 rings (SSSR count). The molecule has 0 fully saturated rings. The van der Waals surface area contributed by atoms with Gasteiger partial charge in [-0.3, -0.25) is 4.98 Å². The standard InChI is InChI=1S/C30H20OP.C22H22NO.Ir/c31-32(28-16-13-22-7-1-4-10-25(22)19-28,29-17-14-23-8-2-5-11-26(23)20-29)30-18-15-24-9-3-6-12-27(24)21-30;1-13(2)8-16-6-5-7-20-17(16)11-21-22(23-20)18-10-14(3)9-15(4)19(18)12-24-21;/h1-17,19-21H;5-7,9,11,13H,8,12H2,1-4H3;/q2*-1;. The molecule has 5 heteroatoms. The molecule has 9 aromatic rings. The van der Waals surface area contributed by atoms with Crippen LogP contribution in [0.3, 0.4) is 0 Å². The Hall–Kier alpha value is -5.37. The van der Waals surface area contributed by atoms with Crippen LogP contribution in [0, 0.1) is 31.9 Å². The maximum atomic E-state index is 15.1. The Morgan fingerprint density at radius 1 is 0.684 bits per heavy atom. The normalized spacial score (nSPS) is 12.1. The van der Waals surface area contributed by atoms with Gasteiger partial charge >= 0.3 is 0 Å². The van der Waals surface area contributed by atoms with Gasteiger partial charge in [-0.05, 0) is 63.7 Å². The Labute approximate surface area is 348 Å². The molecule has 283 valence electrons. The number of hydrogen-bond donors (Lipinski definition) is 0. The fraction of sp³-hybridized carbons (Fsp3) is 0.135. The van der Waals surface area contributed by atoms with Crippen LogP contribution in [-0.4, -0.2) is 4.98 Å². The van der Waals surface area contributed by atoms with E-state index in [0.717, 1.165) is 82.7 Å². The molecule has 2 heterocycles. The minimum atomic E-state index is -3.15. The molecule has 0 N–H and O–H groups in total. The maximum Gasteiger partial charge on any atom is 0.147 e. The second-order valence-electron chi connectivity index (χ2n) is 15.3. The Kier molecular flexibility index (Phi) is 10.7. The topological polar surface area (TPSA) is 39.2 Å². The first-order chi connectivity index (χ1) is 27.2. The van der Waals surface area contributed by atoms with Crippen LogP contribution in [-0.2, 0) is 37.7 Å². The van der Waals surface area contributed by atoms with Crippen LogP contribution < -0.4 is 20.7 Å². The van der Waals surface area contributed by atoms with Crippen LogP contribution in [0.5, 0.6) is 5.75 Å². The number of aromatic nitrogens is 1. The van der Waals surface area contributed by atoms with Crippen molar-refractivity contribution in [1.29, 1.82) is 0 Å². The number of hydrogen-bond acceptors (Lipinski definition) is 3. The number of benzene rings is 8. The molecule has 1 aliphatic rings. The van der Waals surface area contributed by atoms with Crippen LogP contribution in [0.1, 0.15) is 36.1 Å². The van der Waals surface area contributed by atoms with E-state index in [9.17, 15) is 0 Å². The SMILES string of the molecule is Cc1[c-]c2c(c(C)c1)COc1cc3c(CC(C)C)cccc3nc1-2.O=P(c1[c-]cc2ccccc2c1)(c1ccc2ccccc2c1)c1ccc2ccccc2c1.[Ir]. The molecule has 0 saturated heterocycles. The third-order valence-corrected chi connectivity index (χ3v) is 13.8. The third-order valence-electron chi connectivity index (χ3n) is 10.9. The molecular formula is C52H42IrNO2P-2. The fourth-order valence-corrected chi connectivity index (χ4v) is 10.7. The van der Waals surface area contributed by atoms with Crippen molar-refractivity contribution in [2.45, 2.75) is 40.7 Å². The van der Waals surface area contributed by atoms with Gasteiger partial charge in [-0.25, -0.2) is 0 Å². The molecule has 0 spiro atoms. The van der Waals surface area contributed by atoms with Crippen molar-refractivity contribution < 1.29 is 29.4 Å². The second kappa shape index (κ2) is 15.9. The molecule has 0 atom stereocenters. The van der Waals surface area contributed by atoms with Crippen molar-refractivity contribution in [1.82, 2.24) is 4.98 Å². The predicted octanol–water partition coefficient (Wildman–Crippen LogP) is 12.0. The Morgan fingerprint density at radius 3 is 1.91 bits per heavy atom. The summed E-state index contributed by atoms with van der Waals surface area (Å²) in [6.45, 7) is 9.32. The first-order valence-electron chi connectivity index (χ1n) is 19.3. The average molecular weight is 936 g/mol. The summed E-state index contributed by atoms with van der Waals surface area (Å²) in [6, 6.07) is 58.5. The molecule has 0 unspecified atom stereocenters. The monoisotopic (exact) mass is 936 g/mol. The molecule has 57 heavy (non-hydrogen) atoms. The van der Waals surface area contributed by atoms with E-state index in [-0.39, 0.29) is 20.1 Å². The summed E-state index contributed by atoms with van der Waals surface area (Å²) in [7, 11) is -3.15. The van der Waals surface area contributed by atoms with E-state index >= 15 is 4.57 Å². The zero-order valence-corrected chi connectivity index (χ0v) is 35.8. The summed E-state index contributed by atoms with van der Waals surface area (Å²) in [5.41, 5.74) is 8.02. The summed E-state index contributed by atoms with van der Waals surface area (Å²) in [6.07, 6.45) is 1.05. The van der Waals surface area contributed by atoms with Gasteiger partial charge in [0, 0.05) is 41.8 Å². The van der Waals surface area contributed by atoms with Crippen LogP contribution in [0.25, 0.3) is 54.5 Å². The van der Waals surface area contributed by atoms with E-state index in [2.05, 4.69) is 131 Å². The quantitative estimate of drug-likeness (QED) is 0.127. The van der Waals surface area contributed by atoms with Crippen molar-refractivity contribution in [2.75, 3.05) is 0 Å². The van der Waals surface area contributed by atoms with E-state index in [0.29, 0.717) is 12.5 Å². The van der Waals surface area contributed by atoms with Crippen molar-refractivity contribution in [2.24, 2.45) is 5.92 Å². The number of aryl methyl sites for hydroxylation is 2. The van der Waals surface area contributed by atoms with Crippen molar-refractivity contribution in [3.05, 3.63) is 186 Å². The molecule has 0 saturated carbocycles. The van der Waals surface area contributed by atoms with Gasteiger partial charge in [-0.1, -0.05) is 142 Å². The van der Waals surface area contributed by atoms with E-state index < -0.39 is 7.14 Å². The third kappa shape index (κ3) is 7.35. The summed E-state index contributed by atoms with van der Waals surface area (Å²) in [4.78, 5) is 4.95. The summed E-state index contributed by atoms with van der Waals surface area (Å²) in [5, 5.41) is 10.2. The molecule has 1 aliphatic heterocycles. The van der Waals surface area contributed by atoms with Gasteiger partial charge in [0.05, 0.1) is 12.1 Å². The largest absolute Gasteiger partial charge is 0.506 e. The van der Waals surface area contributed by atoms with Crippen LogP contribution in [0.2, 0.25) is 0 Å². The van der Waals surface area contributed by atoms with E-state index in [1.54, 1.807) is 0 Å². The number of fused-ring (bicyclic) bond motifs is 7. The summed E-state index contributed by atoms with van der Waals surface area (Å²) in [5.74, 6) is 1.50. The zero-order valence-electron chi connectivity index (χ0n) is 32.5. The number of rotatable bonds is 5. The molecule has 0 bridgehead atoms. The van der Waals surface area contributed by atoms with Gasteiger partial charge in [0.25, 0.3) is 0 Å². The molecule has 3 nitrogen and oxygen atoms in total. The summed E-state index contributed by atoms with van der Waals surface area (Å²) >= 11 is 0. The Balaban J connectivity index is 0.000000163. The number of pyridine rings is 1. The first-order valence-corrected chi connectivity index (χ1v) is 21.0. The Morgan fingerprint density at radius 2 is 1.28 bits per heavy atom. The fourth-order valence-electron chi connectivity index (χ4n) is 8.07. The molecule has 0 amide bonds. The molecular weight excluding hydrogens is 894 g/mol. The number of ether oxygens (including phenoxy) is 1. The second-order valence-corrected chi connectivity index (χ2v) is 18.0. The van der Waals surface area contributed by atoms with Gasteiger partial charge in [0.15, 0.2) is 0 Å². The van der Waals surface area contributed by atoms with Gasteiger partial charge in [0.1, 0.15) is 12.9 Å². The van der Waals surface area contributed by atoms with Gasteiger partial charge in [-0.15, -0.1) is 45.7 Å². The molecule has 8 aromatic carbocycles. The smallest absolute Gasteiger partial charge is 0.147 e. The summed E-state index contributed by atoms with van der Waals surface area (Å²) < 4.78 is 21.2. The zero-order chi connectivity index (χ0) is 38.4. The average Bonchev–Trinajstić information content (AvgIpc) is 3.22. The molecule has 0 aliphatic carbocycles. The van der Waals surface area contributed by atoms with Crippen molar-refractivity contribution >= 4 is 66.3 Å². The van der Waals surface area contributed by atoms with Gasteiger partial charge in [-0.2, -0.15) is 18.2 Å². The maximum absolute atomic E-state index is 15.1. The van der Waals surface area contributed by atoms with Crippen LogP contribution in [0.4, 0.5) is 0 Å². The van der Waals surface area contributed by atoms with E-state index in [1.807, 2.05) is 60.7 Å². The van der Waals surface area contributed by atoms with Gasteiger partial charge < -0.3 is 9.30 Å². The van der Waals surface area contributed by atoms with E-state index in [4.69, 9.17) is 9.72 Å². The molecule has 1 radical (unpaired) electrons. The van der Waals surface area contributed by atoms with Crippen molar-refractivity contribution in [3.63, 3.8) is 0 Å². The first kappa shape index (κ1) is 38.5. The Bertz CT molecular complexity index is 2810. The molecule has 1 aromatic heterocycles. The number of nitrogens with zero attached hydrogens (tertiary/aromatic N) is 1. The minimum absolute atomic E-state index is 0. The van der Waals surface area contributed by atoms with Crippen LogP contribution in [0.15, 0.2) is 152 Å². The predicted molar refractivity (Wildman–Crippen MR) is 236 cm³/mol.